The lowest BCUT2D eigenvalue weighted by Gasteiger charge is -2.11. The summed E-state index contributed by atoms with van der Waals surface area (Å²) in [5.74, 6) is 0.866. The minimum atomic E-state index is 0.866. The number of aryl methyl sites for hydroxylation is 1. The van der Waals surface area contributed by atoms with E-state index in [9.17, 15) is 0 Å². The number of hydrogen-bond donors (Lipinski definition) is 0. The highest BCUT2D eigenvalue weighted by Gasteiger charge is 2.09. The molecule has 0 aliphatic heterocycles. The SMILES string of the molecule is COc1ccc(-c2ccccc2-c2ncccc2C)cc1. The Morgan fingerprint density at radius 1 is 0.810 bits per heavy atom. The van der Waals surface area contributed by atoms with Crippen LogP contribution >= 0.6 is 0 Å². The van der Waals surface area contributed by atoms with Gasteiger partial charge in [-0.25, -0.2) is 0 Å². The minimum absolute atomic E-state index is 0.866. The van der Waals surface area contributed by atoms with Gasteiger partial charge in [-0.3, -0.25) is 4.98 Å². The van der Waals surface area contributed by atoms with E-state index in [0.29, 0.717) is 0 Å². The standard InChI is InChI=1S/C19H17NO/c1-14-6-5-13-20-19(14)18-8-4-3-7-17(18)15-9-11-16(21-2)12-10-15/h3-13H,1-2H3. The molecule has 0 N–H and O–H groups in total. The molecule has 0 aliphatic rings. The Kier molecular flexibility index (Phi) is 3.69. The van der Waals surface area contributed by atoms with Gasteiger partial charge < -0.3 is 4.74 Å². The molecular weight excluding hydrogens is 258 g/mol. The van der Waals surface area contributed by atoms with Crippen LogP contribution < -0.4 is 4.74 Å². The molecule has 104 valence electrons. The van der Waals surface area contributed by atoms with Crippen molar-refractivity contribution in [3.8, 4) is 28.1 Å². The van der Waals surface area contributed by atoms with Gasteiger partial charge in [0.15, 0.2) is 0 Å². The van der Waals surface area contributed by atoms with Crippen molar-refractivity contribution >= 4 is 0 Å². The van der Waals surface area contributed by atoms with Gasteiger partial charge in [0.05, 0.1) is 12.8 Å². The van der Waals surface area contributed by atoms with Crippen LogP contribution in [0.1, 0.15) is 5.56 Å². The Balaban J connectivity index is 2.13. The molecule has 0 saturated carbocycles. The first-order valence-electron chi connectivity index (χ1n) is 6.95. The van der Waals surface area contributed by atoms with Crippen LogP contribution in [-0.4, -0.2) is 12.1 Å². The molecule has 2 nitrogen and oxygen atoms in total. The molecule has 0 atom stereocenters. The summed E-state index contributed by atoms with van der Waals surface area (Å²) in [4.78, 5) is 4.54. The van der Waals surface area contributed by atoms with Crippen molar-refractivity contribution in [2.24, 2.45) is 0 Å². The van der Waals surface area contributed by atoms with E-state index < -0.39 is 0 Å². The molecule has 0 saturated heterocycles. The number of rotatable bonds is 3. The van der Waals surface area contributed by atoms with Crippen molar-refractivity contribution in [3.63, 3.8) is 0 Å². The van der Waals surface area contributed by atoms with Crippen molar-refractivity contribution < 1.29 is 4.74 Å². The lowest BCUT2D eigenvalue weighted by atomic mass is 9.95. The van der Waals surface area contributed by atoms with Gasteiger partial charge in [-0.05, 0) is 41.8 Å². The summed E-state index contributed by atoms with van der Waals surface area (Å²) in [6, 6.07) is 20.5. The van der Waals surface area contributed by atoms with Crippen molar-refractivity contribution in [1.29, 1.82) is 0 Å². The second kappa shape index (κ2) is 5.80. The van der Waals surface area contributed by atoms with E-state index in [2.05, 4.69) is 54.4 Å². The summed E-state index contributed by atoms with van der Waals surface area (Å²) in [6.07, 6.45) is 1.84. The van der Waals surface area contributed by atoms with E-state index in [1.807, 2.05) is 24.4 Å². The first-order chi connectivity index (χ1) is 10.3. The Labute approximate surface area is 125 Å². The van der Waals surface area contributed by atoms with E-state index >= 15 is 0 Å². The van der Waals surface area contributed by atoms with Crippen molar-refractivity contribution in [2.45, 2.75) is 6.92 Å². The summed E-state index contributed by atoms with van der Waals surface area (Å²) in [7, 11) is 1.68. The maximum Gasteiger partial charge on any atom is 0.118 e. The average molecular weight is 275 g/mol. The third-order valence-corrected chi connectivity index (χ3v) is 3.59. The van der Waals surface area contributed by atoms with Crippen molar-refractivity contribution in [3.05, 3.63) is 72.4 Å². The Hall–Kier alpha value is -2.61. The number of methoxy groups -OCH3 is 1. The van der Waals surface area contributed by atoms with E-state index in [-0.39, 0.29) is 0 Å². The molecule has 0 radical (unpaired) electrons. The average Bonchev–Trinajstić information content (AvgIpc) is 2.55. The molecule has 3 rings (SSSR count). The van der Waals surface area contributed by atoms with Crippen LogP contribution in [0, 0.1) is 6.92 Å². The van der Waals surface area contributed by atoms with Crippen LogP contribution in [-0.2, 0) is 0 Å². The first-order valence-corrected chi connectivity index (χ1v) is 6.95. The molecule has 3 aromatic rings. The summed E-state index contributed by atoms with van der Waals surface area (Å²) >= 11 is 0. The molecule has 1 aromatic heterocycles. The predicted molar refractivity (Wildman–Crippen MR) is 86.4 cm³/mol. The third-order valence-electron chi connectivity index (χ3n) is 3.59. The largest absolute Gasteiger partial charge is 0.497 e. The van der Waals surface area contributed by atoms with Crippen LogP contribution in [0.4, 0.5) is 0 Å². The number of aromatic nitrogens is 1. The third kappa shape index (κ3) is 2.65. The normalized spacial score (nSPS) is 10.4. The lowest BCUT2D eigenvalue weighted by Crippen LogP contribution is -1.91. The van der Waals surface area contributed by atoms with Crippen molar-refractivity contribution in [1.82, 2.24) is 4.98 Å². The predicted octanol–water partition coefficient (Wildman–Crippen LogP) is 4.73. The molecule has 2 heteroatoms. The van der Waals surface area contributed by atoms with Crippen molar-refractivity contribution in [2.75, 3.05) is 7.11 Å². The zero-order valence-electron chi connectivity index (χ0n) is 12.2. The maximum absolute atomic E-state index is 5.23. The smallest absolute Gasteiger partial charge is 0.118 e. The van der Waals surface area contributed by atoms with Gasteiger partial charge in [-0.15, -0.1) is 0 Å². The summed E-state index contributed by atoms with van der Waals surface area (Å²) in [6.45, 7) is 2.09. The van der Waals surface area contributed by atoms with E-state index in [0.717, 1.165) is 22.6 Å². The van der Waals surface area contributed by atoms with E-state index in [1.165, 1.54) is 11.1 Å². The van der Waals surface area contributed by atoms with Crippen LogP contribution in [0.2, 0.25) is 0 Å². The van der Waals surface area contributed by atoms with E-state index in [1.54, 1.807) is 7.11 Å². The number of nitrogens with zero attached hydrogens (tertiary/aromatic N) is 1. The number of ether oxygens (including phenoxy) is 1. The fourth-order valence-corrected chi connectivity index (χ4v) is 2.48. The zero-order valence-corrected chi connectivity index (χ0v) is 12.2. The molecule has 0 bridgehead atoms. The number of benzene rings is 2. The number of pyridine rings is 1. The molecule has 0 unspecified atom stereocenters. The molecule has 21 heavy (non-hydrogen) atoms. The second-order valence-corrected chi connectivity index (χ2v) is 4.94. The Morgan fingerprint density at radius 2 is 1.52 bits per heavy atom. The van der Waals surface area contributed by atoms with Crippen LogP contribution in [0.15, 0.2) is 66.9 Å². The number of hydrogen-bond acceptors (Lipinski definition) is 2. The Bertz CT molecular complexity index is 748. The highest BCUT2D eigenvalue weighted by atomic mass is 16.5. The molecule has 0 spiro atoms. The van der Waals surface area contributed by atoms with Gasteiger partial charge in [0, 0.05) is 11.8 Å². The van der Waals surface area contributed by atoms with Gasteiger partial charge in [0.2, 0.25) is 0 Å². The molecular formula is C19H17NO. The first kappa shape index (κ1) is 13.4. The fraction of sp³-hybridized carbons (Fsp3) is 0.105. The topological polar surface area (TPSA) is 22.1 Å². The molecule has 1 heterocycles. The van der Waals surface area contributed by atoms with Gasteiger partial charge in [0.25, 0.3) is 0 Å². The molecule has 2 aromatic carbocycles. The fourth-order valence-electron chi connectivity index (χ4n) is 2.48. The van der Waals surface area contributed by atoms with Gasteiger partial charge in [-0.2, -0.15) is 0 Å². The minimum Gasteiger partial charge on any atom is -0.497 e. The highest BCUT2D eigenvalue weighted by molar-refractivity contribution is 5.83. The van der Waals surface area contributed by atoms with Crippen LogP contribution in [0.25, 0.3) is 22.4 Å². The van der Waals surface area contributed by atoms with Crippen LogP contribution in [0.3, 0.4) is 0 Å². The Morgan fingerprint density at radius 3 is 2.19 bits per heavy atom. The van der Waals surface area contributed by atoms with Gasteiger partial charge >= 0.3 is 0 Å². The summed E-state index contributed by atoms with van der Waals surface area (Å²) in [5, 5.41) is 0. The van der Waals surface area contributed by atoms with E-state index in [4.69, 9.17) is 4.74 Å². The highest BCUT2D eigenvalue weighted by Crippen LogP contribution is 2.33. The van der Waals surface area contributed by atoms with Gasteiger partial charge in [-0.1, -0.05) is 42.5 Å². The summed E-state index contributed by atoms with van der Waals surface area (Å²) < 4.78 is 5.23. The van der Waals surface area contributed by atoms with Crippen LogP contribution in [0.5, 0.6) is 5.75 Å². The molecule has 0 fully saturated rings. The quantitative estimate of drug-likeness (QED) is 0.689. The lowest BCUT2D eigenvalue weighted by molar-refractivity contribution is 0.415. The monoisotopic (exact) mass is 275 g/mol. The zero-order chi connectivity index (χ0) is 14.7. The molecule has 0 amide bonds. The maximum atomic E-state index is 5.23. The summed E-state index contributed by atoms with van der Waals surface area (Å²) in [5.41, 5.74) is 5.71. The van der Waals surface area contributed by atoms with Gasteiger partial charge in [0.1, 0.15) is 5.75 Å². The second-order valence-electron chi connectivity index (χ2n) is 4.94. The molecule has 0 aliphatic carbocycles.